The lowest BCUT2D eigenvalue weighted by Gasteiger charge is -2.21. The SMILES string of the molecule is Nc1cncc(NC2CCC(=O)NC2=O)n1. The van der Waals surface area contributed by atoms with E-state index in [1.165, 1.54) is 12.4 Å². The number of hydrogen-bond donors (Lipinski definition) is 3. The Labute approximate surface area is 91.5 Å². The molecule has 7 nitrogen and oxygen atoms in total. The van der Waals surface area contributed by atoms with Gasteiger partial charge in [0.2, 0.25) is 11.8 Å². The molecule has 2 heterocycles. The minimum absolute atomic E-state index is 0.248. The number of amides is 2. The average molecular weight is 221 g/mol. The maximum atomic E-state index is 11.4. The summed E-state index contributed by atoms with van der Waals surface area (Å²) in [5.41, 5.74) is 5.45. The van der Waals surface area contributed by atoms with E-state index in [0.717, 1.165) is 0 Å². The van der Waals surface area contributed by atoms with E-state index in [1.807, 2.05) is 0 Å². The molecule has 0 aliphatic carbocycles. The molecule has 2 amide bonds. The summed E-state index contributed by atoms with van der Waals surface area (Å²) in [6, 6.07) is -0.464. The third-order valence-electron chi connectivity index (χ3n) is 2.21. The lowest BCUT2D eigenvalue weighted by Crippen LogP contribution is -2.47. The van der Waals surface area contributed by atoms with Crippen LogP contribution in [-0.4, -0.2) is 27.8 Å². The van der Waals surface area contributed by atoms with Crippen LogP contribution >= 0.6 is 0 Å². The fraction of sp³-hybridized carbons (Fsp3) is 0.333. The quantitative estimate of drug-likeness (QED) is 0.568. The molecule has 7 heteroatoms. The van der Waals surface area contributed by atoms with Crippen LogP contribution in [0, 0.1) is 0 Å². The molecular weight excluding hydrogens is 210 g/mol. The highest BCUT2D eigenvalue weighted by Crippen LogP contribution is 2.11. The Hall–Kier alpha value is -2.18. The van der Waals surface area contributed by atoms with Gasteiger partial charge in [-0.25, -0.2) is 4.98 Å². The van der Waals surface area contributed by atoms with Crippen molar-refractivity contribution in [2.45, 2.75) is 18.9 Å². The first-order valence-corrected chi connectivity index (χ1v) is 4.83. The predicted octanol–water partition coefficient (Wildman–Crippen LogP) is -0.724. The van der Waals surface area contributed by atoms with E-state index in [-0.39, 0.29) is 17.6 Å². The van der Waals surface area contributed by atoms with Crippen LogP contribution in [0.25, 0.3) is 0 Å². The van der Waals surface area contributed by atoms with Gasteiger partial charge < -0.3 is 11.1 Å². The van der Waals surface area contributed by atoms with E-state index in [4.69, 9.17) is 5.73 Å². The summed E-state index contributed by atoms with van der Waals surface area (Å²) in [4.78, 5) is 30.1. The van der Waals surface area contributed by atoms with Gasteiger partial charge >= 0.3 is 0 Å². The largest absolute Gasteiger partial charge is 0.382 e. The van der Waals surface area contributed by atoms with Crippen molar-refractivity contribution < 1.29 is 9.59 Å². The van der Waals surface area contributed by atoms with Crippen LogP contribution in [0.4, 0.5) is 11.6 Å². The van der Waals surface area contributed by atoms with Crippen molar-refractivity contribution in [3.63, 3.8) is 0 Å². The Morgan fingerprint density at radius 1 is 1.44 bits per heavy atom. The second-order valence-corrected chi connectivity index (χ2v) is 3.48. The smallest absolute Gasteiger partial charge is 0.249 e. The summed E-state index contributed by atoms with van der Waals surface area (Å²) in [5, 5.41) is 5.12. The highest BCUT2D eigenvalue weighted by molar-refractivity contribution is 6.01. The molecule has 16 heavy (non-hydrogen) atoms. The van der Waals surface area contributed by atoms with Gasteiger partial charge in [-0.3, -0.25) is 19.9 Å². The van der Waals surface area contributed by atoms with Crippen LogP contribution in [0.3, 0.4) is 0 Å². The van der Waals surface area contributed by atoms with Gasteiger partial charge in [-0.2, -0.15) is 0 Å². The normalized spacial score (nSPS) is 20.4. The molecule has 1 aliphatic rings. The number of nitrogens with zero attached hydrogens (tertiary/aromatic N) is 2. The lowest BCUT2D eigenvalue weighted by atomic mass is 10.1. The molecular formula is C9H11N5O2. The number of carbonyl (C=O) groups is 2. The van der Waals surface area contributed by atoms with Gasteiger partial charge in [0.25, 0.3) is 0 Å². The van der Waals surface area contributed by atoms with E-state index in [9.17, 15) is 9.59 Å². The molecule has 84 valence electrons. The summed E-state index contributed by atoms with van der Waals surface area (Å²) < 4.78 is 0. The number of piperidine rings is 1. The zero-order chi connectivity index (χ0) is 11.5. The standard InChI is InChI=1S/C9H11N5O2/c10-6-3-11-4-7(13-6)12-5-1-2-8(15)14-9(5)16/h3-5H,1-2H2,(H3,10,12,13)(H,14,15,16). The van der Waals surface area contributed by atoms with E-state index in [1.54, 1.807) is 0 Å². The molecule has 0 bridgehead atoms. The first-order chi connectivity index (χ1) is 7.65. The maximum Gasteiger partial charge on any atom is 0.249 e. The Morgan fingerprint density at radius 2 is 2.25 bits per heavy atom. The van der Waals surface area contributed by atoms with Crippen molar-refractivity contribution in [1.82, 2.24) is 15.3 Å². The van der Waals surface area contributed by atoms with Crippen LogP contribution in [0.15, 0.2) is 12.4 Å². The van der Waals surface area contributed by atoms with E-state index >= 15 is 0 Å². The molecule has 4 N–H and O–H groups in total. The van der Waals surface area contributed by atoms with Crippen molar-refractivity contribution in [2.24, 2.45) is 0 Å². The van der Waals surface area contributed by atoms with Crippen LogP contribution in [0.5, 0.6) is 0 Å². The Morgan fingerprint density at radius 3 is 2.94 bits per heavy atom. The highest BCUT2D eigenvalue weighted by Gasteiger charge is 2.26. The van der Waals surface area contributed by atoms with Crippen molar-refractivity contribution in [3.05, 3.63) is 12.4 Å². The van der Waals surface area contributed by atoms with Gasteiger partial charge in [0.15, 0.2) is 0 Å². The number of hydrogen-bond acceptors (Lipinski definition) is 6. The first kappa shape index (κ1) is 10.3. The van der Waals surface area contributed by atoms with Crippen LogP contribution < -0.4 is 16.4 Å². The number of aromatic nitrogens is 2. The van der Waals surface area contributed by atoms with E-state index in [0.29, 0.717) is 18.7 Å². The van der Waals surface area contributed by atoms with Gasteiger partial charge in [-0.05, 0) is 6.42 Å². The molecule has 0 saturated carbocycles. The van der Waals surface area contributed by atoms with Gasteiger partial charge in [0, 0.05) is 6.42 Å². The number of rotatable bonds is 2. The van der Waals surface area contributed by atoms with Crippen molar-refractivity contribution in [3.8, 4) is 0 Å². The van der Waals surface area contributed by atoms with Crippen molar-refractivity contribution in [2.75, 3.05) is 11.1 Å². The molecule has 1 saturated heterocycles. The van der Waals surface area contributed by atoms with Crippen LogP contribution in [0.1, 0.15) is 12.8 Å². The number of nitrogen functional groups attached to an aromatic ring is 1. The maximum absolute atomic E-state index is 11.4. The summed E-state index contributed by atoms with van der Waals surface area (Å²) in [7, 11) is 0. The Bertz CT molecular complexity index is 434. The second-order valence-electron chi connectivity index (χ2n) is 3.48. The fourth-order valence-electron chi connectivity index (χ4n) is 1.46. The van der Waals surface area contributed by atoms with Gasteiger partial charge in [0.1, 0.15) is 17.7 Å². The zero-order valence-electron chi connectivity index (χ0n) is 8.43. The summed E-state index contributed by atoms with van der Waals surface area (Å²) in [6.07, 6.45) is 3.65. The zero-order valence-corrected chi connectivity index (χ0v) is 8.43. The molecule has 2 rings (SSSR count). The Balaban J connectivity index is 2.05. The minimum Gasteiger partial charge on any atom is -0.382 e. The topological polar surface area (TPSA) is 110 Å². The van der Waals surface area contributed by atoms with Gasteiger partial charge in [0.05, 0.1) is 12.4 Å². The number of nitrogens with one attached hydrogen (secondary N) is 2. The lowest BCUT2D eigenvalue weighted by molar-refractivity contribution is -0.133. The second kappa shape index (κ2) is 4.13. The molecule has 1 atom stereocenters. The third kappa shape index (κ3) is 2.25. The summed E-state index contributed by atoms with van der Waals surface area (Å²) >= 11 is 0. The summed E-state index contributed by atoms with van der Waals surface area (Å²) in [6.45, 7) is 0. The minimum atomic E-state index is -0.464. The van der Waals surface area contributed by atoms with Gasteiger partial charge in [-0.1, -0.05) is 0 Å². The number of nitrogens with two attached hydrogens (primary N) is 1. The third-order valence-corrected chi connectivity index (χ3v) is 2.21. The number of carbonyl (C=O) groups excluding carboxylic acids is 2. The Kier molecular flexibility index (Phi) is 2.67. The molecule has 0 radical (unpaired) electrons. The first-order valence-electron chi connectivity index (χ1n) is 4.83. The average Bonchev–Trinajstić information content (AvgIpc) is 2.22. The summed E-state index contributed by atoms with van der Waals surface area (Å²) in [5.74, 6) is 0.106. The number of imide groups is 1. The molecule has 1 aromatic heterocycles. The monoisotopic (exact) mass is 221 g/mol. The molecule has 0 aromatic carbocycles. The van der Waals surface area contributed by atoms with Crippen LogP contribution in [-0.2, 0) is 9.59 Å². The van der Waals surface area contributed by atoms with Gasteiger partial charge in [-0.15, -0.1) is 0 Å². The van der Waals surface area contributed by atoms with E-state index < -0.39 is 6.04 Å². The van der Waals surface area contributed by atoms with Crippen molar-refractivity contribution in [1.29, 1.82) is 0 Å². The molecule has 0 spiro atoms. The molecule has 1 aliphatic heterocycles. The fourth-order valence-corrected chi connectivity index (χ4v) is 1.46. The molecule has 1 aromatic rings. The predicted molar refractivity (Wildman–Crippen MR) is 56.2 cm³/mol. The molecule has 1 fully saturated rings. The van der Waals surface area contributed by atoms with Crippen LogP contribution in [0.2, 0.25) is 0 Å². The number of anilines is 2. The highest BCUT2D eigenvalue weighted by atomic mass is 16.2. The van der Waals surface area contributed by atoms with E-state index in [2.05, 4.69) is 20.6 Å². The van der Waals surface area contributed by atoms with Crippen molar-refractivity contribution >= 4 is 23.5 Å². The molecule has 1 unspecified atom stereocenters.